The molecule has 0 aliphatic carbocycles. The molecule has 27 heavy (non-hydrogen) atoms. The first-order chi connectivity index (χ1) is 13.1. The molecule has 0 aliphatic rings. The number of nitrogens with zero attached hydrogens (tertiary/aromatic N) is 2. The summed E-state index contributed by atoms with van der Waals surface area (Å²) < 4.78 is 11.3. The van der Waals surface area contributed by atoms with Crippen molar-refractivity contribution in [3.8, 4) is 5.69 Å². The van der Waals surface area contributed by atoms with Crippen LogP contribution >= 0.6 is 0 Å². The monoisotopic (exact) mass is 366 g/mol. The van der Waals surface area contributed by atoms with E-state index in [0.29, 0.717) is 22.2 Å². The summed E-state index contributed by atoms with van der Waals surface area (Å²) in [7, 11) is 0. The minimum Gasteiger partial charge on any atom is -0.462 e. The molecule has 0 N–H and O–H groups in total. The lowest BCUT2D eigenvalue weighted by molar-refractivity contribution is 0.0516. The van der Waals surface area contributed by atoms with Crippen molar-refractivity contribution in [1.82, 2.24) is 9.55 Å². The zero-order valence-corrected chi connectivity index (χ0v) is 15.0. The zero-order chi connectivity index (χ0) is 19.4. The van der Waals surface area contributed by atoms with E-state index in [9.17, 15) is 14.4 Å². The summed E-state index contributed by atoms with van der Waals surface area (Å²) in [5.74, 6) is -0.990. The van der Waals surface area contributed by atoms with Gasteiger partial charge in [0.15, 0.2) is 0 Å². The van der Waals surface area contributed by atoms with Crippen LogP contribution in [0, 0.1) is 0 Å². The number of benzene rings is 2. The van der Waals surface area contributed by atoms with Gasteiger partial charge in [0.05, 0.1) is 40.9 Å². The summed E-state index contributed by atoms with van der Waals surface area (Å²) in [4.78, 5) is 41.2. The fourth-order valence-electron chi connectivity index (χ4n) is 2.70. The van der Waals surface area contributed by atoms with E-state index in [1.54, 1.807) is 38.1 Å². The predicted octanol–water partition coefficient (Wildman–Crippen LogP) is 2.74. The predicted molar refractivity (Wildman–Crippen MR) is 99.3 cm³/mol. The first-order valence-electron chi connectivity index (χ1n) is 8.51. The molecule has 3 rings (SSSR count). The number of carbonyl (C=O) groups excluding carboxylic acids is 2. The van der Waals surface area contributed by atoms with Crippen LogP contribution in [0.4, 0.5) is 0 Å². The lowest BCUT2D eigenvalue weighted by Gasteiger charge is -2.11. The third-order valence-corrected chi connectivity index (χ3v) is 3.93. The number of esters is 2. The van der Waals surface area contributed by atoms with Crippen molar-refractivity contribution in [1.29, 1.82) is 0 Å². The van der Waals surface area contributed by atoms with Gasteiger partial charge in [-0.2, -0.15) is 0 Å². The van der Waals surface area contributed by atoms with E-state index >= 15 is 0 Å². The maximum absolute atomic E-state index is 12.9. The summed E-state index contributed by atoms with van der Waals surface area (Å²) >= 11 is 0. The highest BCUT2D eigenvalue weighted by Crippen LogP contribution is 2.17. The molecule has 0 bridgehead atoms. The Bertz CT molecular complexity index is 1070. The van der Waals surface area contributed by atoms with Crippen LogP contribution in [0.1, 0.15) is 34.6 Å². The van der Waals surface area contributed by atoms with Crippen molar-refractivity contribution in [2.24, 2.45) is 0 Å². The number of ether oxygens (including phenoxy) is 2. The van der Waals surface area contributed by atoms with Crippen LogP contribution in [0.2, 0.25) is 0 Å². The van der Waals surface area contributed by atoms with E-state index < -0.39 is 11.9 Å². The summed E-state index contributed by atoms with van der Waals surface area (Å²) in [5.41, 5.74) is 0.985. The number of rotatable bonds is 5. The van der Waals surface area contributed by atoms with Crippen LogP contribution in [0.25, 0.3) is 16.6 Å². The number of carbonyl (C=O) groups is 2. The number of fused-ring (bicyclic) bond motifs is 1. The molecule has 0 atom stereocenters. The Morgan fingerprint density at radius 3 is 2.44 bits per heavy atom. The third kappa shape index (κ3) is 3.57. The molecule has 1 heterocycles. The van der Waals surface area contributed by atoms with Gasteiger partial charge >= 0.3 is 11.9 Å². The molecule has 0 radical (unpaired) electrons. The van der Waals surface area contributed by atoms with E-state index in [4.69, 9.17) is 9.47 Å². The molecule has 3 aromatic rings. The molecule has 0 spiro atoms. The van der Waals surface area contributed by atoms with E-state index in [1.165, 1.54) is 29.1 Å². The maximum Gasteiger partial charge on any atom is 0.340 e. The number of aromatic nitrogens is 2. The maximum atomic E-state index is 12.9. The van der Waals surface area contributed by atoms with Crippen LogP contribution in [-0.4, -0.2) is 34.7 Å². The average Bonchev–Trinajstić information content (AvgIpc) is 2.68. The van der Waals surface area contributed by atoms with E-state index in [2.05, 4.69) is 4.98 Å². The highest BCUT2D eigenvalue weighted by molar-refractivity contribution is 5.95. The molecule has 2 aromatic carbocycles. The van der Waals surface area contributed by atoms with Gasteiger partial charge in [-0.25, -0.2) is 14.6 Å². The van der Waals surface area contributed by atoms with Gasteiger partial charge < -0.3 is 9.47 Å². The van der Waals surface area contributed by atoms with Gasteiger partial charge in [-0.05, 0) is 44.2 Å². The van der Waals surface area contributed by atoms with Gasteiger partial charge in [0, 0.05) is 0 Å². The van der Waals surface area contributed by atoms with Crippen molar-refractivity contribution in [3.63, 3.8) is 0 Å². The molecule has 1 aromatic heterocycles. The van der Waals surface area contributed by atoms with Gasteiger partial charge in [-0.1, -0.05) is 12.1 Å². The van der Waals surface area contributed by atoms with E-state index in [-0.39, 0.29) is 24.3 Å². The Kier molecular flexibility index (Phi) is 5.30. The molecule has 0 saturated heterocycles. The largest absolute Gasteiger partial charge is 0.462 e. The Balaban J connectivity index is 2.12. The molecule has 0 aliphatic heterocycles. The first kappa shape index (κ1) is 18.3. The average molecular weight is 366 g/mol. The lowest BCUT2D eigenvalue weighted by Crippen LogP contribution is -2.21. The fraction of sp³-hybridized carbons (Fsp3) is 0.200. The van der Waals surface area contributed by atoms with Gasteiger partial charge in [-0.3, -0.25) is 9.36 Å². The first-order valence-corrected chi connectivity index (χ1v) is 8.51. The molecule has 138 valence electrons. The highest BCUT2D eigenvalue weighted by Gasteiger charge is 2.16. The molecule has 0 fully saturated rings. The Hall–Kier alpha value is -3.48. The second kappa shape index (κ2) is 7.82. The summed E-state index contributed by atoms with van der Waals surface area (Å²) in [6.45, 7) is 3.92. The Labute approximate surface area is 155 Å². The second-order valence-electron chi connectivity index (χ2n) is 5.61. The van der Waals surface area contributed by atoms with Gasteiger partial charge in [0.2, 0.25) is 0 Å². The van der Waals surface area contributed by atoms with Crippen molar-refractivity contribution in [3.05, 3.63) is 70.3 Å². The van der Waals surface area contributed by atoms with E-state index in [0.717, 1.165) is 0 Å². The standard InChI is InChI=1S/C20H18N2O5/c1-3-26-19(24)13-9-10-14-16(11-13)21-12-22(18(14)23)17-8-6-5-7-15(17)20(25)27-4-2/h5-12H,3-4H2,1-2H3. The van der Waals surface area contributed by atoms with Crippen LogP contribution < -0.4 is 5.56 Å². The van der Waals surface area contributed by atoms with Crippen molar-refractivity contribution < 1.29 is 19.1 Å². The quantitative estimate of drug-likeness (QED) is 0.645. The minimum absolute atomic E-state index is 0.231. The smallest absolute Gasteiger partial charge is 0.340 e. The molecule has 7 heteroatoms. The van der Waals surface area contributed by atoms with Crippen LogP contribution in [-0.2, 0) is 9.47 Å². The second-order valence-corrected chi connectivity index (χ2v) is 5.61. The highest BCUT2D eigenvalue weighted by atomic mass is 16.5. The number of para-hydroxylation sites is 1. The van der Waals surface area contributed by atoms with Crippen molar-refractivity contribution >= 4 is 22.8 Å². The number of hydrogen-bond acceptors (Lipinski definition) is 6. The Morgan fingerprint density at radius 1 is 1.00 bits per heavy atom. The van der Waals surface area contributed by atoms with E-state index in [1.807, 2.05) is 0 Å². The molecular formula is C20H18N2O5. The van der Waals surface area contributed by atoms with Gasteiger partial charge in [0.1, 0.15) is 6.33 Å². The molecule has 7 nitrogen and oxygen atoms in total. The molecular weight excluding hydrogens is 348 g/mol. The van der Waals surface area contributed by atoms with Crippen LogP contribution in [0.3, 0.4) is 0 Å². The zero-order valence-electron chi connectivity index (χ0n) is 15.0. The minimum atomic E-state index is -0.516. The van der Waals surface area contributed by atoms with Crippen molar-refractivity contribution in [2.45, 2.75) is 13.8 Å². The normalized spacial score (nSPS) is 10.6. The molecule has 0 amide bonds. The van der Waals surface area contributed by atoms with Crippen LogP contribution in [0.15, 0.2) is 53.6 Å². The number of hydrogen-bond donors (Lipinski definition) is 0. The van der Waals surface area contributed by atoms with Crippen molar-refractivity contribution in [2.75, 3.05) is 13.2 Å². The van der Waals surface area contributed by atoms with Gasteiger partial charge in [0.25, 0.3) is 5.56 Å². The fourth-order valence-corrected chi connectivity index (χ4v) is 2.70. The van der Waals surface area contributed by atoms with Crippen LogP contribution in [0.5, 0.6) is 0 Å². The summed E-state index contributed by atoms with van der Waals surface area (Å²) in [5, 5.41) is 0.323. The molecule has 0 unspecified atom stereocenters. The molecule has 0 saturated carbocycles. The Morgan fingerprint density at radius 2 is 1.70 bits per heavy atom. The lowest BCUT2D eigenvalue weighted by atomic mass is 10.1. The third-order valence-electron chi connectivity index (χ3n) is 3.93. The summed E-state index contributed by atoms with van der Waals surface area (Å²) in [6, 6.07) is 11.2. The van der Waals surface area contributed by atoms with Gasteiger partial charge in [-0.15, -0.1) is 0 Å². The summed E-state index contributed by atoms with van der Waals surface area (Å²) in [6.07, 6.45) is 1.33. The topological polar surface area (TPSA) is 87.5 Å². The SMILES string of the molecule is CCOC(=O)c1ccc2c(=O)n(-c3ccccc3C(=O)OCC)cnc2c1.